The van der Waals surface area contributed by atoms with Crippen molar-refractivity contribution in [3.63, 3.8) is 0 Å². The number of hydrogen-bond acceptors (Lipinski definition) is 6. The summed E-state index contributed by atoms with van der Waals surface area (Å²) in [6.07, 6.45) is 8.53. The molecule has 0 spiro atoms. The molecule has 5 heterocycles. The van der Waals surface area contributed by atoms with Gasteiger partial charge in [-0.25, -0.2) is 9.50 Å². The molecule has 2 aliphatic heterocycles. The van der Waals surface area contributed by atoms with Crippen LogP contribution in [0.25, 0.3) is 27.7 Å². The third kappa shape index (κ3) is 3.85. The molecule has 33 heavy (non-hydrogen) atoms. The van der Waals surface area contributed by atoms with Crippen molar-refractivity contribution < 1.29 is 0 Å². The van der Waals surface area contributed by atoms with Gasteiger partial charge in [-0.15, -0.1) is 0 Å². The third-order valence-corrected chi connectivity index (χ3v) is 7.36. The standard InChI is InChI=1S/C26H31N7/c1-19-15-23(22-5-3-4-6-25(22)29-19)24-17-28-33-18-21(16-27-26(24)33)31-9-7-20(8-10-31)32-13-11-30(2)12-14-32/h3-6,15-18,20H,7-14H2,1-2H3. The van der Waals surface area contributed by atoms with Crippen LogP contribution in [0.15, 0.2) is 48.9 Å². The van der Waals surface area contributed by atoms with Gasteiger partial charge in [0.15, 0.2) is 5.65 Å². The lowest BCUT2D eigenvalue weighted by Crippen LogP contribution is -2.52. The number of para-hydroxylation sites is 1. The van der Waals surface area contributed by atoms with E-state index in [1.165, 1.54) is 39.0 Å². The molecule has 4 aromatic rings. The van der Waals surface area contributed by atoms with E-state index >= 15 is 0 Å². The van der Waals surface area contributed by atoms with Crippen molar-refractivity contribution >= 4 is 22.2 Å². The normalized spacial score (nSPS) is 19.0. The molecule has 0 atom stereocenters. The summed E-state index contributed by atoms with van der Waals surface area (Å²) in [5.41, 5.74) is 6.25. The Bertz CT molecular complexity index is 1280. The average molecular weight is 442 g/mol. The van der Waals surface area contributed by atoms with Gasteiger partial charge in [0.05, 0.1) is 29.8 Å². The van der Waals surface area contributed by atoms with Crippen LogP contribution in [0.3, 0.4) is 0 Å². The van der Waals surface area contributed by atoms with Crippen molar-refractivity contribution in [1.82, 2.24) is 29.4 Å². The molecule has 0 aliphatic carbocycles. The molecule has 2 aliphatic rings. The maximum absolute atomic E-state index is 4.87. The third-order valence-electron chi connectivity index (χ3n) is 7.36. The SMILES string of the molecule is Cc1cc(-c2cnn3cc(N4CCC(N5CCN(C)CC5)CC4)cnc23)c2ccccc2n1. The van der Waals surface area contributed by atoms with E-state index in [2.05, 4.69) is 62.3 Å². The van der Waals surface area contributed by atoms with Crippen LogP contribution in [0.4, 0.5) is 5.69 Å². The second kappa shape index (κ2) is 8.39. The molecule has 7 heteroatoms. The van der Waals surface area contributed by atoms with E-state index in [9.17, 15) is 0 Å². The Labute approximate surface area is 194 Å². The van der Waals surface area contributed by atoms with Crippen LogP contribution in [0.1, 0.15) is 18.5 Å². The van der Waals surface area contributed by atoms with Crippen LogP contribution in [0.2, 0.25) is 0 Å². The summed E-state index contributed by atoms with van der Waals surface area (Å²) in [5, 5.41) is 5.81. The Balaban J connectivity index is 1.24. The number of piperidine rings is 1. The fraction of sp³-hybridized carbons (Fsp3) is 0.423. The minimum atomic E-state index is 0.714. The van der Waals surface area contributed by atoms with Gasteiger partial charge in [0.2, 0.25) is 0 Å². The molecule has 0 unspecified atom stereocenters. The number of likely N-dealkylation sites (N-methyl/N-ethyl adjacent to an activating group) is 1. The second-order valence-corrected chi connectivity index (χ2v) is 9.52. The average Bonchev–Trinajstić information content (AvgIpc) is 3.27. The Morgan fingerprint density at radius 1 is 0.909 bits per heavy atom. The molecule has 1 aromatic carbocycles. The van der Waals surface area contributed by atoms with Crippen molar-refractivity contribution in [3.8, 4) is 11.1 Å². The number of aromatic nitrogens is 4. The predicted molar refractivity (Wildman–Crippen MR) is 133 cm³/mol. The molecular formula is C26H31N7. The van der Waals surface area contributed by atoms with Crippen LogP contribution in [-0.2, 0) is 0 Å². The van der Waals surface area contributed by atoms with E-state index in [4.69, 9.17) is 4.98 Å². The fourth-order valence-electron chi connectivity index (χ4n) is 5.43. The molecule has 0 radical (unpaired) electrons. The van der Waals surface area contributed by atoms with Crippen molar-refractivity contribution in [1.29, 1.82) is 0 Å². The molecule has 2 fully saturated rings. The van der Waals surface area contributed by atoms with Crippen LogP contribution < -0.4 is 4.90 Å². The maximum Gasteiger partial charge on any atom is 0.162 e. The highest BCUT2D eigenvalue weighted by Crippen LogP contribution is 2.32. The summed E-state index contributed by atoms with van der Waals surface area (Å²) in [6.45, 7) is 8.98. The first-order chi connectivity index (χ1) is 16.2. The van der Waals surface area contributed by atoms with Gasteiger partial charge < -0.3 is 9.80 Å². The smallest absolute Gasteiger partial charge is 0.162 e. The highest BCUT2D eigenvalue weighted by Gasteiger charge is 2.27. The molecule has 0 amide bonds. The van der Waals surface area contributed by atoms with Gasteiger partial charge >= 0.3 is 0 Å². The van der Waals surface area contributed by atoms with Gasteiger partial charge in [-0.1, -0.05) is 18.2 Å². The lowest BCUT2D eigenvalue weighted by atomic mass is 10.0. The molecule has 170 valence electrons. The number of aryl methyl sites for hydroxylation is 1. The first-order valence-electron chi connectivity index (χ1n) is 12.0. The Hall–Kier alpha value is -3.03. The number of benzene rings is 1. The largest absolute Gasteiger partial charge is 0.369 e. The van der Waals surface area contributed by atoms with Crippen molar-refractivity contribution in [2.75, 3.05) is 51.2 Å². The van der Waals surface area contributed by atoms with Crippen LogP contribution in [-0.4, -0.2) is 81.7 Å². The maximum atomic E-state index is 4.87. The number of rotatable bonds is 3. The lowest BCUT2D eigenvalue weighted by Gasteiger charge is -2.42. The van der Waals surface area contributed by atoms with E-state index in [1.54, 1.807) is 0 Å². The molecule has 0 N–H and O–H groups in total. The number of piperazine rings is 1. The number of hydrogen-bond donors (Lipinski definition) is 0. The Kier molecular flexibility index (Phi) is 5.23. The molecule has 0 bridgehead atoms. The topological polar surface area (TPSA) is 52.8 Å². The minimum Gasteiger partial charge on any atom is -0.369 e. The zero-order chi connectivity index (χ0) is 22.4. The second-order valence-electron chi connectivity index (χ2n) is 9.52. The molecule has 7 nitrogen and oxygen atoms in total. The van der Waals surface area contributed by atoms with Gasteiger partial charge in [-0.2, -0.15) is 5.10 Å². The van der Waals surface area contributed by atoms with Crippen LogP contribution in [0.5, 0.6) is 0 Å². The van der Waals surface area contributed by atoms with Gasteiger partial charge in [-0.05, 0) is 44.5 Å². The summed E-state index contributed by atoms with van der Waals surface area (Å²) in [6, 6.07) is 11.1. The highest BCUT2D eigenvalue weighted by molar-refractivity contribution is 5.98. The Morgan fingerprint density at radius 3 is 2.52 bits per heavy atom. The number of nitrogens with zero attached hydrogens (tertiary/aromatic N) is 7. The number of anilines is 1. The van der Waals surface area contributed by atoms with Crippen LogP contribution >= 0.6 is 0 Å². The van der Waals surface area contributed by atoms with E-state index in [0.717, 1.165) is 52.1 Å². The first-order valence-corrected chi connectivity index (χ1v) is 12.0. The zero-order valence-corrected chi connectivity index (χ0v) is 19.5. The molecule has 2 saturated heterocycles. The summed E-state index contributed by atoms with van der Waals surface area (Å²) >= 11 is 0. The van der Waals surface area contributed by atoms with Crippen LogP contribution in [0, 0.1) is 6.92 Å². The molecule has 0 saturated carbocycles. The highest BCUT2D eigenvalue weighted by atomic mass is 15.3. The van der Waals surface area contributed by atoms with Gasteiger partial charge in [-0.3, -0.25) is 9.88 Å². The van der Waals surface area contributed by atoms with E-state index in [0.29, 0.717) is 6.04 Å². The predicted octanol–water partition coefficient (Wildman–Crippen LogP) is 3.47. The fourth-order valence-corrected chi connectivity index (χ4v) is 5.43. The van der Waals surface area contributed by atoms with E-state index in [1.807, 2.05) is 29.9 Å². The van der Waals surface area contributed by atoms with Crippen molar-refractivity contribution in [2.24, 2.45) is 0 Å². The monoisotopic (exact) mass is 441 g/mol. The number of fused-ring (bicyclic) bond motifs is 2. The quantitative estimate of drug-likeness (QED) is 0.485. The number of pyridine rings is 1. The van der Waals surface area contributed by atoms with Gasteiger partial charge in [0.1, 0.15) is 0 Å². The van der Waals surface area contributed by atoms with Gasteiger partial charge in [0.25, 0.3) is 0 Å². The summed E-state index contributed by atoms with van der Waals surface area (Å²) < 4.78 is 1.93. The zero-order valence-electron chi connectivity index (χ0n) is 19.5. The van der Waals surface area contributed by atoms with Crippen molar-refractivity contribution in [2.45, 2.75) is 25.8 Å². The summed E-state index contributed by atoms with van der Waals surface area (Å²) in [7, 11) is 2.22. The summed E-state index contributed by atoms with van der Waals surface area (Å²) in [5.74, 6) is 0. The van der Waals surface area contributed by atoms with Gasteiger partial charge in [0, 0.05) is 62.0 Å². The Morgan fingerprint density at radius 2 is 1.70 bits per heavy atom. The van der Waals surface area contributed by atoms with E-state index < -0.39 is 0 Å². The summed E-state index contributed by atoms with van der Waals surface area (Å²) in [4.78, 5) is 17.1. The molecule has 3 aromatic heterocycles. The van der Waals surface area contributed by atoms with Crippen molar-refractivity contribution in [3.05, 3.63) is 54.6 Å². The minimum absolute atomic E-state index is 0.714. The molecular weight excluding hydrogens is 410 g/mol. The molecule has 6 rings (SSSR count). The van der Waals surface area contributed by atoms with E-state index in [-0.39, 0.29) is 0 Å². The lowest BCUT2D eigenvalue weighted by molar-refractivity contribution is 0.0982. The first kappa shape index (κ1) is 20.6.